The molecule has 0 unspecified atom stereocenters. The third kappa shape index (κ3) is 1.72. The summed E-state index contributed by atoms with van der Waals surface area (Å²) in [6.07, 6.45) is 3.76. The van der Waals surface area contributed by atoms with Gasteiger partial charge in [-0.25, -0.2) is 6.57 Å². The van der Waals surface area contributed by atoms with Crippen molar-refractivity contribution in [2.45, 2.75) is 44.8 Å². The molecule has 1 rings (SSSR count). The van der Waals surface area contributed by atoms with Crippen molar-refractivity contribution in [1.29, 1.82) is 0 Å². The molecule has 0 spiro atoms. The zero-order chi connectivity index (χ0) is 8.27. The summed E-state index contributed by atoms with van der Waals surface area (Å²) < 4.78 is 0. The molecule has 11 heavy (non-hydrogen) atoms. The Bertz CT molecular complexity index is 161. The number of hydrogen-bond donors (Lipinski definition) is 1. The Labute approximate surface area is 68.0 Å². The highest BCUT2D eigenvalue weighted by Gasteiger charge is 2.34. The van der Waals surface area contributed by atoms with E-state index in [9.17, 15) is 5.11 Å². The van der Waals surface area contributed by atoms with Gasteiger partial charge in [0.05, 0.1) is 0 Å². The van der Waals surface area contributed by atoms with E-state index in [1.807, 2.05) is 0 Å². The molecule has 2 nitrogen and oxygen atoms in total. The van der Waals surface area contributed by atoms with Gasteiger partial charge in [-0.05, 0) is 18.8 Å². The summed E-state index contributed by atoms with van der Waals surface area (Å²) in [6, 6.07) is -0.117. The van der Waals surface area contributed by atoms with Gasteiger partial charge in [-0.1, -0.05) is 13.3 Å². The van der Waals surface area contributed by atoms with Gasteiger partial charge in [-0.15, -0.1) is 0 Å². The molecule has 0 heterocycles. The van der Waals surface area contributed by atoms with Gasteiger partial charge in [0.25, 0.3) is 0 Å². The van der Waals surface area contributed by atoms with Gasteiger partial charge in [0.1, 0.15) is 6.10 Å². The van der Waals surface area contributed by atoms with Crippen LogP contribution in [0, 0.1) is 12.5 Å². The molecule has 0 aromatic heterocycles. The van der Waals surface area contributed by atoms with Gasteiger partial charge in [0, 0.05) is 6.42 Å². The van der Waals surface area contributed by atoms with Crippen molar-refractivity contribution in [3.05, 3.63) is 11.4 Å². The van der Waals surface area contributed by atoms with Crippen molar-refractivity contribution in [2.24, 2.45) is 5.92 Å². The highest BCUT2D eigenvalue weighted by molar-refractivity contribution is 4.92. The van der Waals surface area contributed by atoms with Crippen molar-refractivity contribution in [3.8, 4) is 0 Å². The van der Waals surface area contributed by atoms with Crippen molar-refractivity contribution >= 4 is 0 Å². The molecule has 1 aliphatic carbocycles. The fourth-order valence-corrected chi connectivity index (χ4v) is 1.83. The Morgan fingerprint density at radius 2 is 2.27 bits per heavy atom. The lowest BCUT2D eigenvalue weighted by atomic mass is 9.82. The fraction of sp³-hybridized carbons (Fsp3) is 0.889. The molecule has 1 fully saturated rings. The van der Waals surface area contributed by atoms with Crippen LogP contribution in [0.15, 0.2) is 0 Å². The number of aliphatic hydroxyl groups excluding tert-OH is 1. The van der Waals surface area contributed by atoms with E-state index in [1.54, 1.807) is 0 Å². The minimum Gasteiger partial charge on any atom is -0.385 e. The Balaban J connectivity index is 2.53. The van der Waals surface area contributed by atoms with Crippen LogP contribution in [0.25, 0.3) is 4.85 Å². The van der Waals surface area contributed by atoms with Crippen molar-refractivity contribution < 1.29 is 5.11 Å². The maximum Gasteiger partial charge on any atom is 0.249 e. The minimum absolute atomic E-state index is 0.117. The number of nitrogens with zero attached hydrogens (tertiary/aromatic N) is 1. The molecule has 3 atom stereocenters. The first kappa shape index (κ1) is 8.55. The van der Waals surface area contributed by atoms with Crippen LogP contribution in [-0.2, 0) is 0 Å². The molecule has 62 valence electrons. The van der Waals surface area contributed by atoms with E-state index in [0.717, 1.165) is 25.7 Å². The van der Waals surface area contributed by atoms with Crippen LogP contribution in [0.2, 0.25) is 0 Å². The lowest BCUT2D eigenvalue weighted by Crippen LogP contribution is -2.34. The van der Waals surface area contributed by atoms with Gasteiger partial charge in [0.15, 0.2) is 0 Å². The molecule has 0 radical (unpaired) electrons. The van der Waals surface area contributed by atoms with E-state index in [1.165, 1.54) is 0 Å². The highest BCUT2D eigenvalue weighted by atomic mass is 16.3. The molecule has 0 bridgehead atoms. The van der Waals surface area contributed by atoms with E-state index in [0.29, 0.717) is 5.92 Å². The standard InChI is InChI=1S/C9H15NO/c1-3-7-5-4-6-8(10-2)9(7)11/h7-9,11H,3-6H2,1H3/t7-,8+,9+/m0/s1. The summed E-state index contributed by atoms with van der Waals surface area (Å²) >= 11 is 0. The summed E-state index contributed by atoms with van der Waals surface area (Å²) in [4.78, 5) is 3.43. The molecule has 0 aliphatic heterocycles. The van der Waals surface area contributed by atoms with Crippen LogP contribution in [0.3, 0.4) is 0 Å². The van der Waals surface area contributed by atoms with Crippen molar-refractivity contribution in [1.82, 2.24) is 0 Å². The van der Waals surface area contributed by atoms with Crippen LogP contribution >= 0.6 is 0 Å². The summed E-state index contributed by atoms with van der Waals surface area (Å²) in [7, 11) is 0. The summed E-state index contributed by atoms with van der Waals surface area (Å²) in [5.74, 6) is 0.378. The van der Waals surface area contributed by atoms with Gasteiger partial charge >= 0.3 is 0 Å². The summed E-state index contributed by atoms with van der Waals surface area (Å²) in [5, 5.41) is 9.61. The zero-order valence-electron chi connectivity index (χ0n) is 6.95. The smallest absolute Gasteiger partial charge is 0.249 e. The van der Waals surface area contributed by atoms with Gasteiger partial charge < -0.3 is 9.95 Å². The van der Waals surface area contributed by atoms with Crippen LogP contribution in [-0.4, -0.2) is 17.3 Å². The number of aliphatic hydroxyl groups is 1. The Morgan fingerprint density at radius 3 is 2.82 bits per heavy atom. The van der Waals surface area contributed by atoms with Gasteiger partial charge in [-0.3, -0.25) is 0 Å². The van der Waals surface area contributed by atoms with E-state index >= 15 is 0 Å². The predicted molar refractivity (Wildman–Crippen MR) is 44.0 cm³/mol. The number of rotatable bonds is 1. The first-order valence-electron chi connectivity index (χ1n) is 4.34. The second-order valence-corrected chi connectivity index (χ2v) is 3.29. The third-order valence-corrected chi connectivity index (χ3v) is 2.64. The molecule has 0 aromatic carbocycles. The summed E-state index contributed by atoms with van der Waals surface area (Å²) in [5.41, 5.74) is 0. The third-order valence-electron chi connectivity index (χ3n) is 2.64. The number of hydrogen-bond acceptors (Lipinski definition) is 1. The van der Waals surface area contributed by atoms with Crippen LogP contribution in [0.4, 0.5) is 0 Å². The zero-order valence-corrected chi connectivity index (χ0v) is 6.95. The average molecular weight is 153 g/mol. The molecule has 0 aromatic rings. The van der Waals surface area contributed by atoms with E-state index in [2.05, 4.69) is 11.8 Å². The molecule has 2 heteroatoms. The first-order valence-corrected chi connectivity index (χ1v) is 4.34. The largest absolute Gasteiger partial charge is 0.385 e. The van der Waals surface area contributed by atoms with E-state index < -0.39 is 0 Å². The second kappa shape index (κ2) is 3.73. The normalized spacial score (nSPS) is 38.1. The predicted octanol–water partition coefficient (Wildman–Crippen LogP) is 1.85. The SMILES string of the molecule is [C-]#[N+][C@@H]1CCC[C@H](CC)[C@H]1O. The second-order valence-electron chi connectivity index (χ2n) is 3.29. The first-order chi connectivity index (χ1) is 5.29. The lowest BCUT2D eigenvalue weighted by molar-refractivity contribution is 0.0614. The monoisotopic (exact) mass is 153 g/mol. The Kier molecular flexibility index (Phi) is 2.90. The van der Waals surface area contributed by atoms with Crippen molar-refractivity contribution in [2.75, 3.05) is 0 Å². The van der Waals surface area contributed by atoms with Gasteiger partial charge in [0.2, 0.25) is 6.04 Å². The molecule has 1 saturated carbocycles. The van der Waals surface area contributed by atoms with Crippen molar-refractivity contribution in [3.63, 3.8) is 0 Å². The molecule has 1 N–H and O–H groups in total. The molecule has 0 saturated heterocycles. The molecular weight excluding hydrogens is 138 g/mol. The quantitative estimate of drug-likeness (QED) is 0.571. The maximum absolute atomic E-state index is 9.61. The molecule has 0 amide bonds. The van der Waals surface area contributed by atoms with E-state index in [-0.39, 0.29) is 12.1 Å². The summed E-state index contributed by atoms with van der Waals surface area (Å²) in [6.45, 7) is 8.94. The van der Waals surface area contributed by atoms with Crippen LogP contribution in [0.1, 0.15) is 32.6 Å². The Morgan fingerprint density at radius 1 is 1.55 bits per heavy atom. The minimum atomic E-state index is -0.355. The van der Waals surface area contributed by atoms with Crippen LogP contribution < -0.4 is 0 Å². The maximum atomic E-state index is 9.61. The lowest BCUT2D eigenvalue weighted by Gasteiger charge is -2.27. The van der Waals surface area contributed by atoms with Gasteiger partial charge in [-0.2, -0.15) is 0 Å². The molecule has 1 aliphatic rings. The topological polar surface area (TPSA) is 24.6 Å². The average Bonchev–Trinajstić information content (AvgIpc) is 2.05. The Hall–Kier alpha value is -0.550. The fourth-order valence-electron chi connectivity index (χ4n) is 1.83. The highest BCUT2D eigenvalue weighted by Crippen LogP contribution is 2.28. The van der Waals surface area contributed by atoms with E-state index in [4.69, 9.17) is 6.57 Å². The molecular formula is C9H15NO. The van der Waals surface area contributed by atoms with Crippen LogP contribution in [0.5, 0.6) is 0 Å².